The molecular weight excluding hydrogens is 245 g/mol. The van der Waals surface area contributed by atoms with E-state index in [2.05, 4.69) is 10.2 Å². The van der Waals surface area contributed by atoms with Crippen molar-refractivity contribution < 1.29 is 18.0 Å². The average molecular weight is 254 g/mol. The Balaban J connectivity index is 2.52. The lowest BCUT2D eigenvalue weighted by atomic mass is 10.0. The van der Waals surface area contributed by atoms with E-state index in [0.29, 0.717) is 11.1 Å². The number of carbonyl (C=O) groups excluding carboxylic acids is 1. The number of benzene rings is 1. The second-order valence-corrected chi connectivity index (χ2v) is 3.78. The fourth-order valence-corrected chi connectivity index (χ4v) is 1.64. The van der Waals surface area contributed by atoms with E-state index in [1.54, 1.807) is 0 Å². The molecule has 18 heavy (non-hydrogen) atoms. The summed E-state index contributed by atoms with van der Waals surface area (Å²) in [5, 5.41) is 6.21. The van der Waals surface area contributed by atoms with Gasteiger partial charge >= 0.3 is 6.18 Å². The molecule has 0 unspecified atom stereocenters. The number of hydrogen-bond acceptors (Lipinski definition) is 2. The minimum atomic E-state index is -4.41. The molecule has 3 nitrogen and oxygen atoms in total. The molecular formula is C12H9F3N2O. The van der Waals surface area contributed by atoms with Crippen LogP contribution in [0, 0.1) is 0 Å². The lowest BCUT2D eigenvalue weighted by Gasteiger charge is -2.08. The minimum absolute atomic E-state index is 0.134. The molecule has 0 saturated carbocycles. The molecule has 0 amide bonds. The molecule has 2 aromatic rings. The summed E-state index contributed by atoms with van der Waals surface area (Å²) in [6, 6.07) is 4.79. The van der Waals surface area contributed by atoms with Crippen LogP contribution in [0.4, 0.5) is 13.2 Å². The van der Waals surface area contributed by atoms with Crippen molar-refractivity contribution in [2.24, 2.45) is 0 Å². The van der Waals surface area contributed by atoms with Crippen LogP contribution in [0.25, 0.3) is 11.1 Å². The Bertz CT molecular complexity index is 587. The van der Waals surface area contributed by atoms with Crippen LogP contribution in [0.3, 0.4) is 0 Å². The quantitative estimate of drug-likeness (QED) is 0.836. The van der Waals surface area contributed by atoms with E-state index in [-0.39, 0.29) is 11.5 Å². The van der Waals surface area contributed by atoms with Crippen molar-refractivity contribution in [1.29, 1.82) is 0 Å². The average Bonchev–Trinajstić information content (AvgIpc) is 2.77. The van der Waals surface area contributed by atoms with Crippen molar-refractivity contribution in [1.82, 2.24) is 10.2 Å². The fraction of sp³-hybridized carbons (Fsp3) is 0.167. The van der Waals surface area contributed by atoms with Crippen molar-refractivity contribution in [2.75, 3.05) is 0 Å². The highest BCUT2D eigenvalue weighted by Gasteiger charge is 2.30. The van der Waals surface area contributed by atoms with Crippen molar-refractivity contribution in [3.8, 4) is 11.1 Å². The molecule has 0 aliphatic carbocycles. The number of aromatic nitrogens is 2. The molecule has 1 N–H and O–H groups in total. The number of alkyl halides is 3. The maximum atomic E-state index is 12.6. The maximum Gasteiger partial charge on any atom is 0.416 e. The Morgan fingerprint density at radius 3 is 2.67 bits per heavy atom. The van der Waals surface area contributed by atoms with Crippen LogP contribution in [0.1, 0.15) is 23.0 Å². The highest BCUT2D eigenvalue weighted by molar-refractivity contribution is 5.98. The first-order chi connectivity index (χ1) is 8.39. The van der Waals surface area contributed by atoms with Crippen LogP contribution in [-0.2, 0) is 6.18 Å². The van der Waals surface area contributed by atoms with E-state index < -0.39 is 11.7 Å². The Morgan fingerprint density at radius 1 is 1.33 bits per heavy atom. The molecule has 1 aromatic heterocycles. The zero-order chi connectivity index (χ0) is 13.3. The third-order valence-corrected chi connectivity index (χ3v) is 2.47. The van der Waals surface area contributed by atoms with Crippen molar-refractivity contribution in [3.63, 3.8) is 0 Å². The predicted molar refractivity (Wildman–Crippen MR) is 59.0 cm³/mol. The van der Waals surface area contributed by atoms with Gasteiger partial charge in [-0.05, 0) is 17.7 Å². The van der Waals surface area contributed by atoms with Crippen LogP contribution in [0.15, 0.2) is 30.5 Å². The van der Waals surface area contributed by atoms with Gasteiger partial charge in [0, 0.05) is 18.7 Å². The summed E-state index contributed by atoms with van der Waals surface area (Å²) >= 11 is 0. The van der Waals surface area contributed by atoms with Crippen molar-refractivity contribution >= 4 is 5.78 Å². The largest absolute Gasteiger partial charge is 0.416 e. The summed E-state index contributed by atoms with van der Waals surface area (Å²) in [4.78, 5) is 11.3. The maximum absolute atomic E-state index is 12.6. The molecule has 0 spiro atoms. The van der Waals surface area contributed by atoms with Crippen LogP contribution in [0.2, 0.25) is 0 Å². The van der Waals surface area contributed by atoms with E-state index in [1.165, 1.54) is 25.3 Å². The van der Waals surface area contributed by atoms with Gasteiger partial charge < -0.3 is 0 Å². The number of H-pyrrole nitrogens is 1. The monoisotopic (exact) mass is 254 g/mol. The highest BCUT2D eigenvalue weighted by atomic mass is 19.4. The number of Topliss-reactive ketones (excluding diaryl/α,β-unsaturated/α-hetero) is 1. The Hall–Kier alpha value is -2.11. The minimum Gasteiger partial charge on any atom is -0.293 e. The zero-order valence-electron chi connectivity index (χ0n) is 9.38. The van der Waals surface area contributed by atoms with Crippen molar-refractivity contribution in [3.05, 3.63) is 41.7 Å². The summed E-state index contributed by atoms with van der Waals surface area (Å²) in [5.74, 6) is -0.302. The third kappa shape index (κ3) is 2.27. The molecule has 0 fully saturated rings. The van der Waals surface area contributed by atoms with E-state index >= 15 is 0 Å². The molecule has 0 aliphatic rings. The molecule has 0 bridgehead atoms. The topological polar surface area (TPSA) is 45.8 Å². The first-order valence-corrected chi connectivity index (χ1v) is 5.12. The number of nitrogens with zero attached hydrogens (tertiary/aromatic N) is 1. The molecule has 0 aliphatic heterocycles. The van der Waals surface area contributed by atoms with Gasteiger partial charge in [-0.15, -0.1) is 0 Å². The second-order valence-electron chi connectivity index (χ2n) is 3.78. The normalized spacial score (nSPS) is 11.6. The molecule has 2 rings (SSSR count). The standard InChI is InChI=1S/C12H9F3N2O/c1-7(18)11-10(6-16-17-11)8-3-2-4-9(5-8)12(13,14)15/h2-6H,1H3,(H,16,17). The Morgan fingerprint density at radius 2 is 2.06 bits per heavy atom. The van der Waals surface area contributed by atoms with Gasteiger partial charge in [-0.3, -0.25) is 9.89 Å². The van der Waals surface area contributed by atoms with E-state index in [1.807, 2.05) is 0 Å². The Labute approximate surface area is 101 Å². The number of halogens is 3. The summed E-state index contributed by atoms with van der Waals surface area (Å²) in [6.45, 7) is 1.31. The van der Waals surface area contributed by atoms with E-state index in [4.69, 9.17) is 0 Å². The van der Waals surface area contributed by atoms with Crippen LogP contribution < -0.4 is 0 Å². The van der Waals surface area contributed by atoms with Crippen LogP contribution in [-0.4, -0.2) is 16.0 Å². The van der Waals surface area contributed by atoms with E-state index in [9.17, 15) is 18.0 Å². The molecule has 0 saturated heterocycles. The molecule has 0 atom stereocenters. The summed E-state index contributed by atoms with van der Waals surface area (Å²) in [5.41, 5.74) is 0.0578. The van der Waals surface area contributed by atoms with Gasteiger partial charge in [-0.2, -0.15) is 18.3 Å². The van der Waals surface area contributed by atoms with E-state index in [0.717, 1.165) is 12.1 Å². The lowest BCUT2D eigenvalue weighted by molar-refractivity contribution is -0.137. The number of aromatic amines is 1. The zero-order valence-corrected chi connectivity index (χ0v) is 9.38. The number of rotatable bonds is 2. The van der Waals surface area contributed by atoms with Gasteiger partial charge in [0.05, 0.1) is 5.56 Å². The molecule has 1 heterocycles. The molecule has 1 aromatic carbocycles. The van der Waals surface area contributed by atoms with Crippen LogP contribution in [0.5, 0.6) is 0 Å². The third-order valence-electron chi connectivity index (χ3n) is 2.47. The summed E-state index contributed by atoms with van der Waals surface area (Å²) in [6.07, 6.45) is -3.00. The molecule has 6 heteroatoms. The van der Waals surface area contributed by atoms with Gasteiger partial charge in [-0.1, -0.05) is 12.1 Å². The number of hydrogen-bond donors (Lipinski definition) is 1. The van der Waals surface area contributed by atoms with Gasteiger partial charge in [0.25, 0.3) is 0 Å². The predicted octanol–water partition coefficient (Wildman–Crippen LogP) is 3.30. The first kappa shape index (κ1) is 12.3. The first-order valence-electron chi connectivity index (χ1n) is 5.12. The van der Waals surface area contributed by atoms with Crippen molar-refractivity contribution in [2.45, 2.75) is 13.1 Å². The smallest absolute Gasteiger partial charge is 0.293 e. The van der Waals surface area contributed by atoms with Gasteiger partial charge in [-0.25, -0.2) is 0 Å². The molecule has 0 radical (unpaired) electrons. The number of carbonyl (C=O) groups is 1. The summed E-state index contributed by atoms with van der Waals surface area (Å²) < 4.78 is 37.7. The SMILES string of the molecule is CC(=O)c1n[nH]cc1-c1cccc(C(F)(F)F)c1. The number of ketones is 1. The van der Waals surface area contributed by atoms with Gasteiger partial charge in [0.2, 0.25) is 0 Å². The lowest BCUT2D eigenvalue weighted by Crippen LogP contribution is -2.04. The second kappa shape index (κ2) is 4.29. The number of nitrogens with one attached hydrogen (secondary N) is 1. The summed E-state index contributed by atoms with van der Waals surface area (Å²) in [7, 11) is 0. The Kier molecular flexibility index (Phi) is 2.94. The van der Waals surface area contributed by atoms with Gasteiger partial charge in [0.1, 0.15) is 5.69 Å². The highest BCUT2D eigenvalue weighted by Crippen LogP contribution is 2.32. The van der Waals surface area contributed by atoms with Crippen LogP contribution >= 0.6 is 0 Å². The fourth-order valence-electron chi connectivity index (χ4n) is 1.64. The van der Waals surface area contributed by atoms with Gasteiger partial charge in [0.15, 0.2) is 5.78 Å². The molecule has 94 valence electrons.